The van der Waals surface area contributed by atoms with Crippen molar-refractivity contribution in [2.75, 3.05) is 6.54 Å². The number of carbonyl (C=O) groups excluding carboxylic acids is 4. The van der Waals surface area contributed by atoms with Crippen LogP contribution >= 0.6 is 0 Å². The molecule has 4 aliphatic rings. The minimum atomic E-state index is -1.32. The van der Waals surface area contributed by atoms with E-state index in [1.165, 1.54) is 0 Å². The molecule has 3 aliphatic carbocycles. The molecule has 0 aromatic rings. The minimum absolute atomic E-state index is 0.00840. The highest BCUT2D eigenvalue weighted by molar-refractivity contribution is 5.94. The molecule has 1 heterocycles. The van der Waals surface area contributed by atoms with E-state index in [1.807, 2.05) is 13.8 Å². The zero-order valence-electron chi connectivity index (χ0n) is 22.5. The van der Waals surface area contributed by atoms with Gasteiger partial charge in [-0.2, -0.15) is 0 Å². The van der Waals surface area contributed by atoms with E-state index in [2.05, 4.69) is 29.8 Å². The van der Waals surface area contributed by atoms with Crippen molar-refractivity contribution in [1.82, 2.24) is 20.9 Å². The number of nitrogens with one attached hydrogen (secondary N) is 3. The number of piperidine rings is 1. The number of aliphatic hydroxyl groups is 1. The Morgan fingerprint density at radius 2 is 1.61 bits per heavy atom. The lowest BCUT2D eigenvalue weighted by Crippen LogP contribution is -2.60. The molecule has 0 bridgehead atoms. The lowest BCUT2D eigenvalue weighted by molar-refractivity contribution is -0.145. The van der Waals surface area contributed by atoms with Crippen LogP contribution in [0.1, 0.15) is 73.6 Å². The Morgan fingerprint density at radius 1 is 0.972 bits per heavy atom. The topological polar surface area (TPSA) is 128 Å². The molecule has 1 aliphatic heterocycles. The molecule has 4 amide bonds. The smallest absolute Gasteiger partial charge is 0.251 e. The quantitative estimate of drug-likeness (QED) is 0.336. The van der Waals surface area contributed by atoms with Crippen LogP contribution in [0.15, 0.2) is 0 Å². The molecule has 0 radical (unpaired) electrons. The zero-order valence-corrected chi connectivity index (χ0v) is 22.5. The minimum Gasteiger partial charge on any atom is -0.381 e. The van der Waals surface area contributed by atoms with E-state index in [0.717, 1.165) is 25.7 Å². The summed E-state index contributed by atoms with van der Waals surface area (Å²) in [6.45, 7) is 12.0. The van der Waals surface area contributed by atoms with Crippen LogP contribution in [0.5, 0.6) is 0 Å². The summed E-state index contributed by atoms with van der Waals surface area (Å²) in [4.78, 5) is 54.1. The van der Waals surface area contributed by atoms with E-state index < -0.39 is 30.1 Å². The fraction of sp³-hybridized carbons (Fsp3) is 0.852. The molecule has 9 nitrogen and oxygen atoms in total. The Labute approximate surface area is 214 Å². The number of carbonyl (C=O) groups is 4. The summed E-state index contributed by atoms with van der Waals surface area (Å²) >= 11 is 0. The molecular weight excluding hydrogens is 460 g/mol. The lowest BCUT2D eigenvalue weighted by atomic mass is 9.96. The highest BCUT2D eigenvalue weighted by Crippen LogP contribution is 2.65. The molecule has 1 saturated heterocycles. The van der Waals surface area contributed by atoms with Gasteiger partial charge in [0.05, 0.1) is 6.04 Å². The number of amides is 4. The van der Waals surface area contributed by atoms with Crippen LogP contribution < -0.4 is 16.0 Å². The van der Waals surface area contributed by atoms with Gasteiger partial charge in [-0.3, -0.25) is 19.2 Å². The van der Waals surface area contributed by atoms with Crippen molar-refractivity contribution in [1.29, 1.82) is 0 Å². The van der Waals surface area contributed by atoms with E-state index in [9.17, 15) is 24.3 Å². The highest BCUT2D eigenvalue weighted by atomic mass is 16.3. The van der Waals surface area contributed by atoms with Crippen LogP contribution in [0, 0.1) is 35.0 Å². The van der Waals surface area contributed by atoms with Gasteiger partial charge in [-0.05, 0) is 48.3 Å². The van der Waals surface area contributed by atoms with Gasteiger partial charge in [-0.25, -0.2) is 0 Å². The maximum atomic E-state index is 13.7. The first kappa shape index (κ1) is 26.9. The molecule has 4 rings (SSSR count). The molecule has 0 aromatic heterocycles. The normalized spacial score (nSPS) is 28.8. The Balaban J connectivity index is 1.50. The highest BCUT2D eigenvalue weighted by Gasteiger charge is 2.69. The third kappa shape index (κ3) is 5.55. The molecule has 5 unspecified atom stereocenters. The van der Waals surface area contributed by atoms with Gasteiger partial charge >= 0.3 is 0 Å². The van der Waals surface area contributed by atoms with Crippen molar-refractivity contribution in [3.8, 4) is 0 Å². The SMILES string of the molecule is CC(C)C(=O)N[C@H](C(=O)N1CC2C(C1C(=O)NC(CC1CC1)C(O)C(=O)NC1CC1)C2(C)C)C(C)C. The Hall–Kier alpha value is -2.16. The van der Waals surface area contributed by atoms with Crippen molar-refractivity contribution in [2.45, 2.75) is 104 Å². The number of hydrogen-bond donors (Lipinski definition) is 4. The second-order valence-electron chi connectivity index (χ2n) is 12.8. The standard InChI is InChI=1S/C27H44N4O5/c1-13(2)20(30-23(33)14(3)4)26(36)31-12-17-19(27(17,5)6)21(31)24(34)29-18(11-15-7-8-15)22(32)25(35)28-16-9-10-16/h13-22,32H,7-12H2,1-6H3,(H,28,35)(H,29,34)(H,30,33)/t17?,18?,19?,20-,21?,22?/m0/s1. The summed E-state index contributed by atoms with van der Waals surface area (Å²) in [7, 11) is 0. The Kier molecular flexibility index (Phi) is 7.43. The summed E-state index contributed by atoms with van der Waals surface area (Å²) in [6.07, 6.45) is 3.11. The number of rotatable bonds is 11. The van der Waals surface area contributed by atoms with Crippen molar-refractivity contribution >= 4 is 23.6 Å². The van der Waals surface area contributed by atoms with E-state index in [4.69, 9.17) is 0 Å². The van der Waals surface area contributed by atoms with Gasteiger partial charge in [0.1, 0.15) is 12.1 Å². The molecule has 3 saturated carbocycles. The van der Waals surface area contributed by atoms with Crippen LogP contribution in [0.25, 0.3) is 0 Å². The molecule has 4 fully saturated rings. The maximum Gasteiger partial charge on any atom is 0.251 e. The van der Waals surface area contributed by atoms with Gasteiger partial charge in [-0.1, -0.05) is 54.4 Å². The fourth-order valence-corrected chi connectivity index (χ4v) is 5.77. The number of fused-ring (bicyclic) bond motifs is 1. The number of aliphatic hydroxyl groups excluding tert-OH is 1. The van der Waals surface area contributed by atoms with E-state index in [-0.39, 0.29) is 52.8 Å². The van der Waals surface area contributed by atoms with Gasteiger partial charge in [0.2, 0.25) is 17.7 Å². The molecule has 0 spiro atoms. The molecule has 9 heteroatoms. The predicted octanol–water partition coefficient (Wildman–Crippen LogP) is 1.19. The van der Waals surface area contributed by atoms with Gasteiger partial charge < -0.3 is 26.0 Å². The molecule has 4 N–H and O–H groups in total. The Bertz CT molecular complexity index is 895. The van der Waals surface area contributed by atoms with Crippen LogP contribution in [0.2, 0.25) is 0 Å². The summed E-state index contributed by atoms with van der Waals surface area (Å²) in [5.74, 6) is -0.979. The Morgan fingerprint density at radius 3 is 2.14 bits per heavy atom. The summed E-state index contributed by atoms with van der Waals surface area (Å²) < 4.78 is 0. The van der Waals surface area contributed by atoms with Gasteiger partial charge in [0.25, 0.3) is 5.91 Å². The molecular formula is C27H44N4O5. The number of likely N-dealkylation sites (tertiary alicyclic amines) is 1. The van der Waals surface area contributed by atoms with Gasteiger partial charge in [0.15, 0.2) is 6.10 Å². The van der Waals surface area contributed by atoms with Crippen molar-refractivity contribution < 1.29 is 24.3 Å². The zero-order chi connectivity index (χ0) is 26.5. The summed E-state index contributed by atoms with van der Waals surface area (Å²) in [5, 5.41) is 19.5. The van der Waals surface area contributed by atoms with Crippen molar-refractivity contribution in [3.63, 3.8) is 0 Å². The van der Waals surface area contributed by atoms with Crippen molar-refractivity contribution in [3.05, 3.63) is 0 Å². The molecule has 6 atom stereocenters. The average Bonchev–Trinajstić information content (AvgIpc) is 3.75. The number of hydrogen-bond acceptors (Lipinski definition) is 5. The lowest BCUT2D eigenvalue weighted by Gasteiger charge is -2.35. The first-order valence-electron chi connectivity index (χ1n) is 13.7. The monoisotopic (exact) mass is 504 g/mol. The third-order valence-electron chi connectivity index (χ3n) is 8.70. The second kappa shape index (κ2) is 9.95. The largest absolute Gasteiger partial charge is 0.381 e. The van der Waals surface area contributed by atoms with Crippen molar-refractivity contribution in [2.24, 2.45) is 35.0 Å². The first-order valence-corrected chi connectivity index (χ1v) is 13.7. The van der Waals surface area contributed by atoms with E-state index >= 15 is 0 Å². The molecule has 202 valence electrons. The van der Waals surface area contributed by atoms with Gasteiger partial charge in [-0.15, -0.1) is 0 Å². The third-order valence-corrected chi connectivity index (χ3v) is 8.70. The van der Waals surface area contributed by atoms with Crippen LogP contribution in [0.4, 0.5) is 0 Å². The average molecular weight is 505 g/mol. The first-order chi connectivity index (χ1) is 16.8. The molecule has 36 heavy (non-hydrogen) atoms. The van der Waals surface area contributed by atoms with E-state index in [0.29, 0.717) is 18.9 Å². The second-order valence-corrected chi connectivity index (χ2v) is 12.8. The maximum absolute atomic E-state index is 13.7. The summed E-state index contributed by atoms with van der Waals surface area (Å²) in [5.41, 5.74) is -0.0682. The van der Waals surface area contributed by atoms with Crippen LogP contribution in [-0.2, 0) is 19.2 Å². The number of nitrogens with zero attached hydrogens (tertiary/aromatic N) is 1. The summed E-state index contributed by atoms with van der Waals surface area (Å²) in [6, 6.07) is -1.97. The van der Waals surface area contributed by atoms with Crippen LogP contribution in [-0.4, -0.2) is 70.5 Å². The van der Waals surface area contributed by atoms with Gasteiger partial charge in [0, 0.05) is 18.5 Å². The molecule has 0 aromatic carbocycles. The van der Waals surface area contributed by atoms with E-state index in [1.54, 1.807) is 18.7 Å². The fourth-order valence-electron chi connectivity index (χ4n) is 5.77. The predicted molar refractivity (Wildman–Crippen MR) is 134 cm³/mol. The van der Waals surface area contributed by atoms with Crippen LogP contribution in [0.3, 0.4) is 0 Å².